The van der Waals surface area contributed by atoms with Crippen LogP contribution in [0.3, 0.4) is 0 Å². The first-order valence-corrected chi connectivity index (χ1v) is 10.4. The van der Waals surface area contributed by atoms with E-state index < -0.39 is 5.54 Å². The Kier molecular flexibility index (Phi) is 4.13. The van der Waals surface area contributed by atoms with Crippen molar-refractivity contribution in [2.75, 3.05) is 12.0 Å². The summed E-state index contributed by atoms with van der Waals surface area (Å²) in [5, 5.41) is 0. The molecule has 0 fully saturated rings. The van der Waals surface area contributed by atoms with Crippen LogP contribution >= 0.6 is 32.9 Å². The number of rotatable bonds is 2. The predicted octanol–water partition coefficient (Wildman–Crippen LogP) is 4.90. The van der Waals surface area contributed by atoms with Gasteiger partial charge in [-0.2, -0.15) is 0 Å². The summed E-state index contributed by atoms with van der Waals surface area (Å²) in [6.07, 6.45) is 4.57. The number of fused-ring (bicyclic) bond motifs is 3. The van der Waals surface area contributed by atoms with Crippen molar-refractivity contribution < 1.29 is 9.53 Å². The van der Waals surface area contributed by atoms with Crippen LogP contribution < -0.4 is 9.64 Å². The highest BCUT2D eigenvalue weighted by Gasteiger charge is 2.43. The molecule has 0 bridgehead atoms. The van der Waals surface area contributed by atoms with Gasteiger partial charge in [-0.15, -0.1) is 0 Å². The largest absolute Gasteiger partial charge is 0.497 e. The van der Waals surface area contributed by atoms with E-state index in [-0.39, 0.29) is 5.91 Å². The molecule has 5 nitrogen and oxygen atoms in total. The summed E-state index contributed by atoms with van der Waals surface area (Å²) in [4.78, 5) is 24.5. The van der Waals surface area contributed by atoms with Gasteiger partial charge >= 0.3 is 0 Å². The summed E-state index contributed by atoms with van der Waals surface area (Å²) in [5.74, 6) is 0.484. The molecule has 3 aromatic rings. The van der Waals surface area contributed by atoms with E-state index in [2.05, 4.69) is 9.97 Å². The third-order valence-corrected chi connectivity index (χ3v) is 7.78. The molecule has 0 aliphatic carbocycles. The van der Waals surface area contributed by atoms with E-state index in [1.807, 2.05) is 32.0 Å². The van der Waals surface area contributed by atoms with Crippen LogP contribution in [0.5, 0.6) is 5.75 Å². The maximum Gasteiger partial charge on any atom is 0.279 e. The van der Waals surface area contributed by atoms with Crippen LogP contribution in [-0.4, -0.2) is 23.0 Å². The van der Waals surface area contributed by atoms with Crippen molar-refractivity contribution in [1.29, 1.82) is 0 Å². The van der Waals surface area contributed by atoms with E-state index in [0.717, 1.165) is 25.5 Å². The van der Waals surface area contributed by atoms with Crippen molar-refractivity contribution >= 4 is 44.5 Å². The molecule has 0 saturated carbocycles. The number of aromatic nitrogens is 2. The molecule has 0 atom stereocenters. The van der Waals surface area contributed by atoms with E-state index in [1.165, 1.54) is 12.4 Å². The van der Waals surface area contributed by atoms with Crippen molar-refractivity contribution in [2.24, 2.45) is 0 Å². The Morgan fingerprint density at radius 1 is 1.27 bits per heavy atom. The quantitative estimate of drug-likeness (QED) is 0.452. The molecule has 132 valence electrons. The fourth-order valence-corrected chi connectivity index (χ4v) is 6.50. The smallest absolute Gasteiger partial charge is 0.279 e. The summed E-state index contributed by atoms with van der Waals surface area (Å²) in [5.41, 5.74) is 2.49. The molecule has 1 aliphatic rings. The van der Waals surface area contributed by atoms with Crippen LogP contribution in [0.2, 0.25) is 0 Å². The molecule has 0 N–H and O–H groups in total. The van der Waals surface area contributed by atoms with Crippen LogP contribution in [0.4, 0.5) is 5.69 Å². The van der Waals surface area contributed by atoms with Crippen molar-refractivity contribution in [2.45, 2.75) is 19.4 Å². The van der Waals surface area contributed by atoms with Gasteiger partial charge < -0.3 is 4.74 Å². The van der Waals surface area contributed by atoms with Crippen LogP contribution in [0, 0.1) is 3.82 Å². The third kappa shape index (κ3) is 2.48. The van der Waals surface area contributed by atoms with Gasteiger partial charge in [-0.1, -0.05) is 32.9 Å². The van der Waals surface area contributed by atoms with Crippen LogP contribution in [0.15, 0.2) is 36.8 Å². The standard InChI is InChI=1S/C18H15N3O2S3/c1-18(2)15-14(17(24)26-25-15)11-5-4-10(23-3)8-13(11)21(18)16(22)12-9-19-6-7-20-12/h4-9H,1-3H3. The number of methoxy groups -OCH3 is 1. The molecule has 1 aromatic carbocycles. The van der Waals surface area contributed by atoms with Gasteiger partial charge in [0.05, 0.1) is 29.4 Å². The lowest BCUT2D eigenvalue weighted by Crippen LogP contribution is -2.48. The summed E-state index contributed by atoms with van der Waals surface area (Å²) in [6.45, 7) is 4.06. The van der Waals surface area contributed by atoms with E-state index >= 15 is 0 Å². The molecule has 1 aliphatic heterocycles. The number of amides is 1. The minimum Gasteiger partial charge on any atom is -0.497 e. The zero-order valence-electron chi connectivity index (χ0n) is 14.3. The number of hydrogen-bond acceptors (Lipinski definition) is 7. The Bertz CT molecular complexity index is 1060. The molecule has 0 unspecified atom stereocenters. The van der Waals surface area contributed by atoms with Gasteiger partial charge in [0.1, 0.15) is 15.3 Å². The molecule has 0 saturated heterocycles. The number of anilines is 1. The Balaban J connectivity index is 2.00. The fourth-order valence-electron chi connectivity index (χ4n) is 3.22. The van der Waals surface area contributed by atoms with Crippen LogP contribution in [0.1, 0.15) is 29.2 Å². The number of nitrogens with zero attached hydrogens (tertiary/aromatic N) is 3. The van der Waals surface area contributed by atoms with Gasteiger partial charge in [0, 0.05) is 29.6 Å². The van der Waals surface area contributed by atoms with Gasteiger partial charge in [-0.05, 0) is 26.0 Å². The van der Waals surface area contributed by atoms with Crippen molar-refractivity contribution in [3.63, 3.8) is 0 Å². The lowest BCUT2D eigenvalue weighted by Gasteiger charge is -2.42. The maximum atomic E-state index is 13.4. The molecule has 0 spiro atoms. The van der Waals surface area contributed by atoms with Gasteiger partial charge in [0.15, 0.2) is 0 Å². The van der Waals surface area contributed by atoms with Crippen LogP contribution in [0.25, 0.3) is 11.1 Å². The van der Waals surface area contributed by atoms with Crippen molar-refractivity contribution in [3.05, 3.63) is 51.2 Å². The minimum atomic E-state index is -0.568. The Hall–Kier alpha value is -2.16. The van der Waals surface area contributed by atoms with E-state index in [0.29, 0.717) is 11.4 Å². The zero-order valence-corrected chi connectivity index (χ0v) is 16.8. The average molecular weight is 402 g/mol. The Morgan fingerprint density at radius 3 is 2.77 bits per heavy atom. The molecule has 2 aromatic heterocycles. The first-order valence-electron chi connectivity index (χ1n) is 7.87. The molecular formula is C18H15N3O2S3. The number of carbonyl (C=O) groups excluding carboxylic acids is 1. The second kappa shape index (κ2) is 6.22. The van der Waals surface area contributed by atoms with E-state index in [1.54, 1.807) is 38.9 Å². The predicted molar refractivity (Wildman–Crippen MR) is 107 cm³/mol. The lowest BCUT2D eigenvalue weighted by atomic mass is 9.87. The molecule has 8 heteroatoms. The summed E-state index contributed by atoms with van der Waals surface area (Å²) < 4.78 is 6.24. The van der Waals surface area contributed by atoms with Crippen molar-refractivity contribution in [1.82, 2.24) is 9.97 Å². The second-order valence-electron chi connectivity index (χ2n) is 6.33. The Labute approximate surface area is 163 Å². The molecule has 0 radical (unpaired) electrons. The summed E-state index contributed by atoms with van der Waals surface area (Å²) >= 11 is 5.58. The van der Waals surface area contributed by atoms with E-state index in [4.69, 9.17) is 17.0 Å². The summed E-state index contributed by atoms with van der Waals surface area (Å²) in [6, 6.07) is 5.74. The number of carbonyl (C=O) groups is 1. The highest BCUT2D eigenvalue weighted by molar-refractivity contribution is 7.80. The average Bonchev–Trinajstić information content (AvgIpc) is 3.04. The van der Waals surface area contributed by atoms with Gasteiger partial charge in [-0.25, -0.2) is 4.98 Å². The monoisotopic (exact) mass is 401 g/mol. The van der Waals surface area contributed by atoms with Crippen LogP contribution in [-0.2, 0) is 5.54 Å². The number of hydrogen-bond donors (Lipinski definition) is 0. The van der Waals surface area contributed by atoms with Gasteiger partial charge in [0.25, 0.3) is 5.91 Å². The molecule has 4 rings (SSSR count). The van der Waals surface area contributed by atoms with Gasteiger partial charge in [0.2, 0.25) is 0 Å². The Morgan fingerprint density at radius 2 is 2.08 bits per heavy atom. The SMILES string of the molecule is COc1ccc2c(c1)N(C(=O)c1cnccn1)C(C)(C)c1ssc(=S)c1-2. The topological polar surface area (TPSA) is 55.3 Å². The second-order valence-corrected chi connectivity index (χ2v) is 9.15. The first-order chi connectivity index (χ1) is 12.4. The number of ether oxygens (including phenoxy) is 1. The highest BCUT2D eigenvalue weighted by atomic mass is 32.9. The fraction of sp³-hybridized carbons (Fsp3) is 0.222. The number of benzene rings is 1. The van der Waals surface area contributed by atoms with E-state index in [9.17, 15) is 4.79 Å². The first kappa shape index (κ1) is 17.3. The minimum absolute atomic E-state index is 0.201. The van der Waals surface area contributed by atoms with Crippen molar-refractivity contribution in [3.8, 4) is 16.9 Å². The zero-order chi connectivity index (χ0) is 18.5. The molecular weight excluding hydrogens is 386 g/mol. The molecule has 26 heavy (non-hydrogen) atoms. The van der Waals surface area contributed by atoms with Gasteiger partial charge in [-0.3, -0.25) is 14.7 Å². The maximum absolute atomic E-state index is 13.4. The summed E-state index contributed by atoms with van der Waals surface area (Å²) in [7, 11) is 4.80. The lowest BCUT2D eigenvalue weighted by molar-refractivity contribution is 0.0956. The molecule has 3 heterocycles. The molecule has 1 amide bonds. The highest BCUT2D eigenvalue weighted by Crippen LogP contribution is 2.53. The normalized spacial score (nSPS) is 14.5. The third-order valence-electron chi connectivity index (χ3n) is 4.45.